The zero-order valence-electron chi connectivity index (χ0n) is 10.6. The lowest BCUT2D eigenvalue weighted by Crippen LogP contribution is -2.40. The molecule has 0 bridgehead atoms. The molecular formula is C11H14N4O3S. The zero-order valence-corrected chi connectivity index (χ0v) is 11.4. The number of carbonyl (C=O) groups is 3. The number of carbonyl (C=O) groups excluding carboxylic acids is 3. The van der Waals surface area contributed by atoms with Crippen molar-refractivity contribution in [3.63, 3.8) is 0 Å². The van der Waals surface area contributed by atoms with E-state index < -0.39 is 11.6 Å². The van der Waals surface area contributed by atoms with Crippen LogP contribution < -0.4 is 10.6 Å². The predicted molar refractivity (Wildman–Crippen MR) is 69.7 cm³/mol. The smallest absolute Gasteiger partial charge is 0.324 e. The summed E-state index contributed by atoms with van der Waals surface area (Å²) in [7, 11) is 0. The van der Waals surface area contributed by atoms with E-state index in [9.17, 15) is 14.4 Å². The van der Waals surface area contributed by atoms with E-state index in [-0.39, 0.29) is 24.8 Å². The Bertz CT molecular complexity index is 512. The van der Waals surface area contributed by atoms with Crippen LogP contribution in [0.1, 0.15) is 20.3 Å². The van der Waals surface area contributed by atoms with Crippen molar-refractivity contribution in [3.8, 4) is 0 Å². The minimum Gasteiger partial charge on any atom is -0.324 e. The highest BCUT2D eigenvalue weighted by Gasteiger charge is 2.43. The summed E-state index contributed by atoms with van der Waals surface area (Å²) >= 11 is 1.31. The maximum absolute atomic E-state index is 11.9. The van der Waals surface area contributed by atoms with Gasteiger partial charge in [-0.15, -0.1) is 11.3 Å². The summed E-state index contributed by atoms with van der Waals surface area (Å²) in [6.45, 7) is 3.32. The first-order valence-corrected chi connectivity index (χ1v) is 6.61. The van der Waals surface area contributed by atoms with E-state index in [1.807, 2.05) is 0 Å². The van der Waals surface area contributed by atoms with Gasteiger partial charge in [0.25, 0.3) is 5.91 Å². The molecule has 0 radical (unpaired) electrons. The fraction of sp³-hybridized carbons (Fsp3) is 0.455. The predicted octanol–water partition coefficient (Wildman–Crippen LogP) is 0.802. The zero-order chi connectivity index (χ0) is 14.0. The molecule has 0 aliphatic carbocycles. The van der Waals surface area contributed by atoms with E-state index in [2.05, 4.69) is 15.6 Å². The first kappa shape index (κ1) is 13.5. The quantitative estimate of drug-likeness (QED) is 0.799. The third-order valence-electron chi connectivity index (χ3n) is 2.69. The molecule has 1 saturated heterocycles. The summed E-state index contributed by atoms with van der Waals surface area (Å²) in [4.78, 5) is 40.0. The minimum absolute atomic E-state index is 0.0504. The molecule has 8 heteroatoms. The van der Waals surface area contributed by atoms with Gasteiger partial charge in [-0.05, 0) is 13.8 Å². The van der Waals surface area contributed by atoms with Crippen molar-refractivity contribution in [1.29, 1.82) is 0 Å². The van der Waals surface area contributed by atoms with Gasteiger partial charge in [-0.25, -0.2) is 9.78 Å². The molecule has 1 aromatic rings. The average Bonchev–Trinajstić information content (AvgIpc) is 2.86. The minimum atomic E-state index is -0.900. The number of urea groups is 1. The highest BCUT2D eigenvalue weighted by atomic mass is 32.1. The lowest BCUT2D eigenvalue weighted by Gasteiger charge is -2.15. The number of imide groups is 1. The van der Waals surface area contributed by atoms with Crippen LogP contribution in [0.25, 0.3) is 0 Å². The maximum atomic E-state index is 11.9. The second kappa shape index (κ2) is 4.96. The van der Waals surface area contributed by atoms with Crippen LogP contribution in [-0.2, 0) is 9.59 Å². The highest BCUT2D eigenvalue weighted by Crippen LogP contribution is 2.17. The van der Waals surface area contributed by atoms with Crippen molar-refractivity contribution in [1.82, 2.24) is 15.2 Å². The summed E-state index contributed by atoms with van der Waals surface area (Å²) < 4.78 is 0. The molecule has 19 heavy (non-hydrogen) atoms. The molecule has 4 amide bonds. The van der Waals surface area contributed by atoms with Gasteiger partial charge >= 0.3 is 6.03 Å². The Labute approximate surface area is 114 Å². The third-order valence-corrected chi connectivity index (χ3v) is 3.37. The van der Waals surface area contributed by atoms with Gasteiger partial charge in [0.15, 0.2) is 5.13 Å². The summed E-state index contributed by atoms with van der Waals surface area (Å²) in [5, 5.41) is 7.40. The van der Waals surface area contributed by atoms with Crippen molar-refractivity contribution in [2.75, 3.05) is 11.9 Å². The second-order valence-electron chi connectivity index (χ2n) is 4.65. The summed E-state index contributed by atoms with van der Waals surface area (Å²) in [6.07, 6.45) is 1.63. The first-order valence-electron chi connectivity index (χ1n) is 5.73. The molecule has 7 nitrogen and oxygen atoms in total. The SMILES string of the molecule is CC1(C)NC(=O)N(CCC(=O)Nc2nccs2)C1=O. The number of aromatic nitrogens is 1. The highest BCUT2D eigenvalue weighted by molar-refractivity contribution is 7.13. The van der Waals surface area contributed by atoms with Crippen LogP contribution in [0.3, 0.4) is 0 Å². The van der Waals surface area contributed by atoms with Crippen LogP contribution in [-0.4, -0.2) is 39.8 Å². The number of hydrogen-bond donors (Lipinski definition) is 2. The van der Waals surface area contributed by atoms with Crippen molar-refractivity contribution >= 4 is 34.3 Å². The Morgan fingerprint density at radius 3 is 2.79 bits per heavy atom. The Morgan fingerprint density at radius 1 is 1.53 bits per heavy atom. The summed E-state index contributed by atoms with van der Waals surface area (Å²) in [6, 6.07) is -0.461. The number of nitrogens with one attached hydrogen (secondary N) is 2. The van der Waals surface area contributed by atoms with Crippen LogP contribution in [0.5, 0.6) is 0 Å². The van der Waals surface area contributed by atoms with E-state index in [1.54, 1.807) is 25.4 Å². The molecule has 0 aromatic carbocycles. The molecule has 0 atom stereocenters. The van der Waals surface area contributed by atoms with Gasteiger partial charge < -0.3 is 10.6 Å². The van der Waals surface area contributed by atoms with Crippen molar-refractivity contribution in [2.45, 2.75) is 25.8 Å². The molecule has 2 rings (SSSR count). The van der Waals surface area contributed by atoms with Crippen LogP contribution >= 0.6 is 11.3 Å². The molecule has 2 heterocycles. The lowest BCUT2D eigenvalue weighted by molar-refractivity contribution is -0.130. The van der Waals surface area contributed by atoms with Crippen LogP contribution in [0.15, 0.2) is 11.6 Å². The van der Waals surface area contributed by atoms with Gasteiger partial charge in [0.1, 0.15) is 5.54 Å². The Hall–Kier alpha value is -1.96. The normalized spacial score (nSPS) is 17.5. The van der Waals surface area contributed by atoms with Gasteiger partial charge in [0, 0.05) is 24.5 Å². The Morgan fingerprint density at radius 2 is 2.26 bits per heavy atom. The molecule has 0 unspecified atom stereocenters. The van der Waals surface area contributed by atoms with Crippen LogP contribution in [0.2, 0.25) is 0 Å². The monoisotopic (exact) mass is 282 g/mol. The van der Waals surface area contributed by atoms with Gasteiger partial charge in [0.2, 0.25) is 5.91 Å². The molecule has 1 aromatic heterocycles. The fourth-order valence-corrected chi connectivity index (χ4v) is 2.25. The fourth-order valence-electron chi connectivity index (χ4n) is 1.70. The molecule has 1 aliphatic heterocycles. The van der Waals surface area contributed by atoms with Crippen molar-refractivity contribution in [3.05, 3.63) is 11.6 Å². The van der Waals surface area contributed by atoms with Crippen molar-refractivity contribution in [2.24, 2.45) is 0 Å². The molecule has 1 aliphatic rings. The lowest BCUT2D eigenvalue weighted by atomic mass is 10.1. The van der Waals surface area contributed by atoms with Gasteiger partial charge in [-0.3, -0.25) is 14.5 Å². The second-order valence-corrected chi connectivity index (χ2v) is 5.54. The Kier molecular flexibility index (Phi) is 3.52. The van der Waals surface area contributed by atoms with E-state index in [4.69, 9.17) is 0 Å². The van der Waals surface area contributed by atoms with E-state index in [0.717, 1.165) is 4.90 Å². The summed E-state index contributed by atoms with van der Waals surface area (Å²) in [5.74, 6) is -0.597. The average molecular weight is 282 g/mol. The van der Waals surface area contributed by atoms with Gasteiger partial charge in [-0.2, -0.15) is 0 Å². The van der Waals surface area contributed by atoms with E-state index in [0.29, 0.717) is 5.13 Å². The number of rotatable bonds is 4. The molecule has 1 fully saturated rings. The number of hydrogen-bond acceptors (Lipinski definition) is 5. The molecule has 0 spiro atoms. The number of anilines is 1. The molecule has 102 valence electrons. The van der Waals surface area contributed by atoms with Crippen LogP contribution in [0, 0.1) is 0 Å². The topological polar surface area (TPSA) is 91.4 Å². The van der Waals surface area contributed by atoms with E-state index in [1.165, 1.54) is 11.3 Å². The van der Waals surface area contributed by atoms with Gasteiger partial charge in [-0.1, -0.05) is 0 Å². The van der Waals surface area contributed by atoms with Gasteiger partial charge in [0.05, 0.1) is 0 Å². The maximum Gasteiger partial charge on any atom is 0.325 e. The summed E-state index contributed by atoms with van der Waals surface area (Å²) in [5.41, 5.74) is -0.900. The standard InChI is InChI=1S/C11H14N4O3S/c1-11(2)8(17)15(10(18)14-11)5-3-7(16)13-9-12-4-6-19-9/h4,6H,3,5H2,1-2H3,(H,14,18)(H,12,13,16). The molecular weight excluding hydrogens is 268 g/mol. The number of thiazole rings is 1. The molecule has 0 saturated carbocycles. The number of amides is 4. The third kappa shape index (κ3) is 2.90. The Balaban J connectivity index is 1.87. The number of nitrogens with zero attached hydrogens (tertiary/aromatic N) is 2. The molecule has 2 N–H and O–H groups in total. The van der Waals surface area contributed by atoms with Crippen molar-refractivity contribution < 1.29 is 14.4 Å². The van der Waals surface area contributed by atoms with Crippen LogP contribution in [0.4, 0.5) is 9.93 Å². The van der Waals surface area contributed by atoms with E-state index >= 15 is 0 Å². The first-order chi connectivity index (χ1) is 8.90. The largest absolute Gasteiger partial charge is 0.325 e.